The number of halogens is 1. The first-order valence-electron chi connectivity index (χ1n) is 7.79. The monoisotopic (exact) mass is 380 g/mol. The van der Waals surface area contributed by atoms with Crippen LogP contribution in [0.3, 0.4) is 0 Å². The number of nitrogens with zero attached hydrogens (tertiary/aromatic N) is 1. The second-order valence-corrected chi connectivity index (χ2v) is 8.45. The summed E-state index contributed by atoms with van der Waals surface area (Å²) in [6.07, 6.45) is 0.848. The van der Waals surface area contributed by atoms with E-state index in [0.29, 0.717) is 5.69 Å². The van der Waals surface area contributed by atoms with Crippen LogP contribution < -0.4 is 5.32 Å². The molecule has 0 saturated carbocycles. The number of anilines is 1. The summed E-state index contributed by atoms with van der Waals surface area (Å²) < 4.78 is 25.6. The Hall–Kier alpha value is -1.89. The lowest BCUT2D eigenvalue weighted by Gasteiger charge is -2.14. The average Bonchev–Trinajstić information content (AvgIpc) is 2.56. The van der Waals surface area contributed by atoms with Crippen molar-refractivity contribution >= 4 is 33.2 Å². The van der Waals surface area contributed by atoms with Gasteiger partial charge in [-0.25, -0.2) is 12.7 Å². The van der Waals surface area contributed by atoms with E-state index in [4.69, 9.17) is 11.6 Å². The van der Waals surface area contributed by atoms with Crippen LogP contribution in [-0.4, -0.2) is 32.7 Å². The van der Waals surface area contributed by atoms with E-state index in [2.05, 4.69) is 5.32 Å². The molecule has 0 aromatic heterocycles. The topological polar surface area (TPSA) is 66.5 Å². The second-order valence-electron chi connectivity index (χ2n) is 5.89. The molecular weight excluding hydrogens is 360 g/mol. The average molecular weight is 381 g/mol. The predicted octanol–water partition coefficient (Wildman–Crippen LogP) is 3.71. The number of carbonyl (C=O) groups excluding carboxylic acids is 1. The Kier molecular flexibility index (Phi) is 5.87. The molecule has 25 heavy (non-hydrogen) atoms. The van der Waals surface area contributed by atoms with Crippen molar-refractivity contribution in [1.82, 2.24) is 4.31 Å². The third kappa shape index (κ3) is 4.21. The Bertz CT molecular complexity index is 909. The highest BCUT2D eigenvalue weighted by atomic mass is 35.5. The Morgan fingerprint density at radius 2 is 1.84 bits per heavy atom. The molecule has 0 aliphatic carbocycles. The van der Waals surface area contributed by atoms with Gasteiger partial charge in [-0.1, -0.05) is 30.7 Å². The van der Waals surface area contributed by atoms with Crippen molar-refractivity contribution in [3.05, 3.63) is 58.1 Å². The van der Waals surface area contributed by atoms with Crippen LogP contribution in [0.25, 0.3) is 0 Å². The van der Waals surface area contributed by atoms with Gasteiger partial charge in [0.25, 0.3) is 5.91 Å². The molecule has 0 unspecified atom stereocenters. The van der Waals surface area contributed by atoms with E-state index in [9.17, 15) is 13.2 Å². The van der Waals surface area contributed by atoms with Gasteiger partial charge in [0, 0.05) is 19.8 Å². The molecule has 2 aromatic carbocycles. The number of aryl methyl sites for hydroxylation is 2. The molecule has 0 aliphatic heterocycles. The zero-order chi connectivity index (χ0) is 18.8. The molecule has 0 heterocycles. The van der Waals surface area contributed by atoms with E-state index in [1.165, 1.54) is 32.3 Å². The summed E-state index contributed by atoms with van der Waals surface area (Å²) in [5.74, 6) is -0.447. The van der Waals surface area contributed by atoms with Gasteiger partial charge in [-0.2, -0.15) is 0 Å². The van der Waals surface area contributed by atoms with E-state index < -0.39 is 15.9 Å². The Morgan fingerprint density at radius 3 is 2.44 bits per heavy atom. The molecule has 0 bridgehead atoms. The quantitative estimate of drug-likeness (QED) is 0.859. The molecule has 2 aromatic rings. The Labute approximate surface area is 153 Å². The molecule has 7 heteroatoms. The molecule has 0 atom stereocenters. The molecule has 5 nitrogen and oxygen atoms in total. The van der Waals surface area contributed by atoms with Crippen LogP contribution in [0.2, 0.25) is 5.02 Å². The zero-order valence-electron chi connectivity index (χ0n) is 14.6. The fourth-order valence-corrected chi connectivity index (χ4v) is 3.39. The second kappa shape index (κ2) is 7.56. The lowest BCUT2D eigenvalue weighted by molar-refractivity contribution is 0.102. The molecular formula is C18H21ClN2O3S. The van der Waals surface area contributed by atoms with E-state index >= 15 is 0 Å². The number of hydrogen-bond donors (Lipinski definition) is 1. The number of rotatable bonds is 5. The first-order valence-corrected chi connectivity index (χ1v) is 9.61. The largest absolute Gasteiger partial charge is 0.322 e. The van der Waals surface area contributed by atoms with Crippen molar-refractivity contribution in [2.45, 2.75) is 25.2 Å². The van der Waals surface area contributed by atoms with Crippen LogP contribution in [0, 0.1) is 6.92 Å². The summed E-state index contributed by atoms with van der Waals surface area (Å²) in [5.41, 5.74) is 2.81. The number of carbonyl (C=O) groups is 1. The highest BCUT2D eigenvalue weighted by molar-refractivity contribution is 7.89. The van der Waals surface area contributed by atoms with E-state index in [1.807, 2.05) is 32.0 Å². The van der Waals surface area contributed by atoms with Crippen LogP contribution in [0.15, 0.2) is 41.3 Å². The summed E-state index contributed by atoms with van der Waals surface area (Å²) in [5, 5.41) is 3.01. The zero-order valence-corrected chi connectivity index (χ0v) is 16.2. The molecule has 1 amide bonds. The molecule has 2 rings (SSSR count). The maximum Gasteiger partial charge on any atom is 0.257 e. The van der Waals surface area contributed by atoms with Crippen LogP contribution in [0.5, 0.6) is 0 Å². The lowest BCUT2D eigenvalue weighted by atomic mass is 10.1. The third-order valence-electron chi connectivity index (χ3n) is 3.92. The Morgan fingerprint density at radius 1 is 1.16 bits per heavy atom. The number of amides is 1. The first-order chi connectivity index (χ1) is 11.7. The van der Waals surface area contributed by atoms with Gasteiger partial charge in [-0.05, 0) is 48.7 Å². The molecule has 1 N–H and O–H groups in total. The van der Waals surface area contributed by atoms with Gasteiger partial charge in [0.15, 0.2) is 0 Å². The summed E-state index contributed by atoms with van der Waals surface area (Å²) >= 11 is 6.12. The number of benzene rings is 2. The van der Waals surface area contributed by atoms with Gasteiger partial charge >= 0.3 is 0 Å². The maximum absolute atomic E-state index is 12.6. The molecule has 0 aliphatic rings. The SMILES string of the molecule is CCc1ccc(C)c(NC(=O)c2cc(S(=O)(=O)N(C)C)ccc2Cl)c1. The standard InChI is InChI=1S/C18H21ClN2O3S/c1-5-13-7-6-12(2)17(10-13)20-18(22)15-11-14(8-9-16(15)19)25(23,24)21(3)4/h6-11H,5H2,1-4H3,(H,20,22). The van der Waals surface area contributed by atoms with Gasteiger partial charge < -0.3 is 5.32 Å². The molecule has 0 radical (unpaired) electrons. The van der Waals surface area contributed by atoms with E-state index in [0.717, 1.165) is 21.9 Å². The molecule has 0 fully saturated rings. The summed E-state index contributed by atoms with van der Waals surface area (Å²) in [6.45, 7) is 3.92. The van der Waals surface area contributed by atoms with Crippen molar-refractivity contribution in [2.75, 3.05) is 19.4 Å². The van der Waals surface area contributed by atoms with Crippen LogP contribution in [-0.2, 0) is 16.4 Å². The summed E-state index contributed by atoms with van der Waals surface area (Å²) in [4.78, 5) is 12.7. The van der Waals surface area contributed by atoms with Crippen molar-refractivity contribution in [1.29, 1.82) is 0 Å². The molecule has 0 saturated heterocycles. The minimum atomic E-state index is -3.65. The van der Waals surface area contributed by atoms with Crippen molar-refractivity contribution in [3.63, 3.8) is 0 Å². The normalized spacial score (nSPS) is 11.6. The molecule has 134 valence electrons. The first kappa shape index (κ1) is 19.4. The highest BCUT2D eigenvalue weighted by Crippen LogP contribution is 2.24. The number of hydrogen-bond acceptors (Lipinski definition) is 3. The van der Waals surface area contributed by atoms with Gasteiger partial charge in [-0.3, -0.25) is 4.79 Å². The Balaban J connectivity index is 2.40. The predicted molar refractivity (Wildman–Crippen MR) is 101 cm³/mol. The summed E-state index contributed by atoms with van der Waals surface area (Å²) in [6, 6.07) is 9.94. The van der Waals surface area contributed by atoms with Crippen LogP contribution in [0.1, 0.15) is 28.4 Å². The highest BCUT2D eigenvalue weighted by Gasteiger charge is 2.21. The van der Waals surface area contributed by atoms with Crippen LogP contribution >= 0.6 is 11.6 Å². The van der Waals surface area contributed by atoms with E-state index in [1.54, 1.807) is 0 Å². The summed E-state index contributed by atoms with van der Waals surface area (Å²) in [7, 11) is -0.779. The van der Waals surface area contributed by atoms with Gasteiger partial charge in [-0.15, -0.1) is 0 Å². The van der Waals surface area contributed by atoms with Crippen molar-refractivity contribution in [2.24, 2.45) is 0 Å². The van der Waals surface area contributed by atoms with Crippen molar-refractivity contribution in [3.8, 4) is 0 Å². The van der Waals surface area contributed by atoms with Gasteiger partial charge in [0.2, 0.25) is 10.0 Å². The minimum absolute atomic E-state index is 0.0195. The fraction of sp³-hybridized carbons (Fsp3) is 0.278. The molecule has 0 spiro atoms. The lowest BCUT2D eigenvalue weighted by Crippen LogP contribution is -2.23. The van der Waals surface area contributed by atoms with Crippen LogP contribution in [0.4, 0.5) is 5.69 Å². The number of sulfonamides is 1. The third-order valence-corrected chi connectivity index (χ3v) is 6.06. The fourth-order valence-electron chi connectivity index (χ4n) is 2.26. The van der Waals surface area contributed by atoms with Crippen molar-refractivity contribution < 1.29 is 13.2 Å². The van der Waals surface area contributed by atoms with Gasteiger partial charge in [0.1, 0.15) is 0 Å². The number of nitrogens with one attached hydrogen (secondary N) is 1. The smallest absolute Gasteiger partial charge is 0.257 e. The van der Waals surface area contributed by atoms with E-state index in [-0.39, 0.29) is 15.5 Å². The minimum Gasteiger partial charge on any atom is -0.322 e. The maximum atomic E-state index is 12.6. The van der Waals surface area contributed by atoms with Gasteiger partial charge in [0.05, 0.1) is 15.5 Å².